The number of aromatic amines is 1. The van der Waals surface area contributed by atoms with E-state index >= 15 is 0 Å². The van der Waals surface area contributed by atoms with Crippen molar-refractivity contribution in [3.63, 3.8) is 0 Å². The van der Waals surface area contributed by atoms with Gasteiger partial charge in [-0.1, -0.05) is 31.2 Å². The highest BCUT2D eigenvalue weighted by Crippen LogP contribution is 2.28. The van der Waals surface area contributed by atoms with E-state index in [2.05, 4.69) is 55.2 Å². The molecule has 0 radical (unpaired) electrons. The average Bonchev–Trinajstić information content (AvgIpc) is 2.68. The number of nitrogens with one attached hydrogen (secondary N) is 1. The molecule has 0 saturated heterocycles. The summed E-state index contributed by atoms with van der Waals surface area (Å²) >= 11 is 0. The molecule has 1 heteroatoms. The standard InChI is InChI=1S/C15H15N/c1-3-11-8-10(2)15-13(9-11)12-6-4-5-7-14(12)16-15/h4-9,16H,3H2,1-2H3. The number of benzene rings is 2. The zero-order chi connectivity index (χ0) is 11.1. The molecule has 1 nitrogen and oxygen atoms in total. The third kappa shape index (κ3) is 1.25. The highest BCUT2D eigenvalue weighted by atomic mass is 14.7. The third-order valence-electron chi connectivity index (χ3n) is 3.28. The molecule has 1 N–H and O–H groups in total. The fraction of sp³-hybridized carbons (Fsp3) is 0.200. The molecule has 16 heavy (non-hydrogen) atoms. The maximum Gasteiger partial charge on any atom is 0.0494 e. The summed E-state index contributed by atoms with van der Waals surface area (Å²) < 4.78 is 0. The zero-order valence-corrected chi connectivity index (χ0v) is 9.67. The van der Waals surface area contributed by atoms with Gasteiger partial charge in [-0.2, -0.15) is 0 Å². The average molecular weight is 209 g/mol. The molecular formula is C15H15N. The fourth-order valence-electron chi connectivity index (χ4n) is 2.41. The first-order valence-corrected chi connectivity index (χ1v) is 5.79. The molecular weight excluding hydrogens is 194 g/mol. The lowest BCUT2D eigenvalue weighted by atomic mass is 10.0. The smallest absolute Gasteiger partial charge is 0.0494 e. The van der Waals surface area contributed by atoms with Crippen LogP contribution >= 0.6 is 0 Å². The SMILES string of the molecule is CCc1cc(C)c2[nH]c3ccccc3c2c1. The molecule has 0 bridgehead atoms. The molecule has 3 aromatic rings. The highest BCUT2D eigenvalue weighted by Gasteiger charge is 2.06. The van der Waals surface area contributed by atoms with Crippen molar-refractivity contribution < 1.29 is 0 Å². The molecule has 3 rings (SSSR count). The van der Waals surface area contributed by atoms with Gasteiger partial charge in [-0.05, 0) is 36.6 Å². The van der Waals surface area contributed by atoms with Crippen molar-refractivity contribution in [3.05, 3.63) is 47.5 Å². The highest BCUT2D eigenvalue weighted by molar-refractivity contribution is 6.08. The first-order valence-electron chi connectivity index (χ1n) is 5.79. The van der Waals surface area contributed by atoms with Crippen LogP contribution < -0.4 is 0 Å². The summed E-state index contributed by atoms with van der Waals surface area (Å²) in [5.41, 5.74) is 5.26. The van der Waals surface area contributed by atoms with Crippen molar-refractivity contribution >= 4 is 21.8 Å². The first-order chi connectivity index (χ1) is 7.79. The summed E-state index contributed by atoms with van der Waals surface area (Å²) in [5.74, 6) is 0. The quantitative estimate of drug-likeness (QED) is 0.618. The van der Waals surface area contributed by atoms with Gasteiger partial charge in [0.1, 0.15) is 0 Å². The van der Waals surface area contributed by atoms with Crippen molar-refractivity contribution in [1.29, 1.82) is 0 Å². The molecule has 0 saturated carbocycles. The van der Waals surface area contributed by atoms with Crippen LogP contribution in [0.25, 0.3) is 21.8 Å². The van der Waals surface area contributed by atoms with Gasteiger partial charge >= 0.3 is 0 Å². The predicted octanol–water partition coefficient (Wildman–Crippen LogP) is 4.19. The van der Waals surface area contributed by atoms with Crippen LogP contribution in [0.3, 0.4) is 0 Å². The first kappa shape index (κ1) is 9.46. The van der Waals surface area contributed by atoms with Gasteiger partial charge in [0.25, 0.3) is 0 Å². The Bertz CT molecular complexity index is 662. The number of aromatic nitrogens is 1. The lowest BCUT2D eigenvalue weighted by Gasteiger charge is -2.01. The van der Waals surface area contributed by atoms with E-state index in [0.29, 0.717) is 0 Å². The van der Waals surface area contributed by atoms with Crippen molar-refractivity contribution in [2.45, 2.75) is 20.3 Å². The molecule has 0 atom stereocenters. The fourth-order valence-corrected chi connectivity index (χ4v) is 2.41. The summed E-state index contributed by atoms with van der Waals surface area (Å²) in [4.78, 5) is 3.50. The van der Waals surface area contributed by atoms with Gasteiger partial charge in [0.15, 0.2) is 0 Å². The van der Waals surface area contributed by atoms with E-state index < -0.39 is 0 Å². The topological polar surface area (TPSA) is 15.8 Å². The number of hydrogen-bond donors (Lipinski definition) is 1. The normalized spacial score (nSPS) is 11.4. The van der Waals surface area contributed by atoms with Gasteiger partial charge in [-0.25, -0.2) is 0 Å². The number of para-hydroxylation sites is 1. The van der Waals surface area contributed by atoms with Crippen LogP contribution in [-0.4, -0.2) is 4.98 Å². The monoisotopic (exact) mass is 209 g/mol. The lowest BCUT2D eigenvalue weighted by Crippen LogP contribution is -1.83. The van der Waals surface area contributed by atoms with Gasteiger partial charge in [0.05, 0.1) is 0 Å². The maximum atomic E-state index is 3.50. The van der Waals surface area contributed by atoms with E-state index in [9.17, 15) is 0 Å². The maximum absolute atomic E-state index is 3.50. The largest absolute Gasteiger partial charge is 0.354 e. The second-order valence-electron chi connectivity index (χ2n) is 4.36. The number of fused-ring (bicyclic) bond motifs is 3. The molecule has 1 aromatic heterocycles. The van der Waals surface area contributed by atoms with Crippen molar-refractivity contribution in [3.8, 4) is 0 Å². The van der Waals surface area contributed by atoms with Crippen LogP contribution in [0.15, 0.2) is 36.4 Å². The van der Waals surface area contributed by atoms with Gasteiger partial charge in [0, 0.05) is 21.8 Å². The van der Waals surface area contributed by atoms with Crippen molar-refractivity contribution in [2.75, 3.05) is 0 Å². The van der Waals surface area contributed by atoms with E-state index in [1.807, 2.05) is 0 Å². The molecule has 0 aliphatic rings. The van der Waals surface area contributed by atoms with Crippen molar-refractivity contribution in [1.82, 2.24) is 4.98 Å². The second kappa shape index (κ2) is 3.38. The molecule has 0 spiro atoms. The molecule has 0 aliphatic carbocycles. The molecule has 2 aromatic carbocycles. The van der Waals surface area contributed by atoms with Crippen LogP contribution in [0.5, 0.6) is 0 Å². The summed E-state index contributed by atoms with van der Waals surface area (Å²) in [6.07, 6.45) is 1.09. The van der Waals surface area contributed by atoms with E-state index in [0.717, 1.165) is 6.42 Å². The van der Waals surface area contributed by atoms with Gasteiger partial charge in [0.2, 0.25) is 0 Å². The Morgan fingerprint density at radius 1 is 1.06 bits per heavy atom. The van der Waals surface area contributed by atoms with Gasteiger partial charge in [-0.15, -0.1) is 0 Å². The molecule has 0 aliphatic heterocycles. The number of H-pyrrole nitrogens is 1. The Labute approximate surface area is 95.1 Å². The number of rotatable bonds is 1. The minimum Gasteiger partial charge on any atom is -0.354 e. The van der Waals surface area contributed by atoms with Crippen LogP contribution in [0.4, 0.5) is 0 Å². The van der Waals surface area contributed by atoms with E-state index in [-0.39, 0.29) is 0 Å². The Morgan fingerprint density at radius 2 is 1.88 bits per heavy atom. The van der Waals surface area contributed by atoms with E-state index in [1.165, 1.54) is 32.9 Å². The Balaban J connectivity index is 2.51. The van der Waals surface area contributed by atoms with Gasteiger partial charge < -0.3 is 4.98 Å². The van der Waals surface area contributed by atoms with Crippen LogP contribution in [-0.2, 0) is 6.42 Å². The summed E-state index contributed by atoms with van der Waals surface area (Å²) in [6.45, 7) is 4.38. The molecule has 0 unspecified atom stereocenters. The second-order valence-corrected chi connectivity index (χ2v) is 4.36. The lowest BCUT2D eigenvalue weighted by molar-refractivity contribution is 1.14. The van der Waals surface area contributed by atoms with Gasteiger partial charge in [-0.3, -0.25) is 0 Å². The van der Waals surface area contributed by atoms with Crippen LogP contribution in [0.1, 0.15) is 18.1 Å². The molecule has 80 valence electrons. The number of aryl methyl sites for hydroxylation is 2. The predicted molar refractivity (Wildman–Crippen MR) is 69.9 cm³/mol. The van der Waals surface area contributed by atoms with Crippen LogP contribution in [0.2, 0.25) is 0 Å². The van der Waals surface area contributed by atoms with E-state index in [4.69, 9.17) is 0 Å². The van der Waals surface area contributed by atoms with Crippen molar-refractivity contribution in [2.24, 2.45) is 0 Å². The summed E-state index contributed by atoms with van der Waals surface area (Å²) in [7, 11) is 0. The van der Waals surface area contributed by atoms with E-state index in [1.54, 1.807) is 0 Å². The Hall–Kier alpha value is -1.76. The minimum absolute atomic E-state index is 1.09. The Kier molecular flexibility index (Phi) is 2.00. The summed E-state index contributed by atoms with van der Waals surface area (Å²) in [6, 6.07) is 13.1. The Morgan fingerprint density at radius 3 is 2.69 bits per heavy atom. The summed E-state index contributed by atoms with van der Waals surface area (Å²) in [5, 5.41) is 2.68. The van der Waals surface area contributed by atoms with Crippen LogP contribution in [0, 0.1) is 6.92 Å². The number of hydrogen-bond acceptors (Lipinski definition) is 0. The minimum atomic E-state index is 1.09. The third-order valence-corrected chi connectivity index (χ3v) is 3.28. The molecule has 0 fully saturated rings. The molecule has 0 amide bonds. The zero-order valence-electron chi connectivity index (χ0n) is 9.67. The molecule has 1 heterocycles.